The molecule has 2 N–H and O–H groups in total. The van der Waals surface area contributed by atoms with Gasteiger partial charge in [0.05, 0.1) is 13.7 Å². The third-order valence-electron chi connectivity index (χ3n) is 3.13. The van der Waals surface area contributed by atoms with Gasteiger partial charge < -0.3 is 15.4 Å². The molecule has 98 valence electrons. The topological polar surface area (TPSA) is 58.8 Å². The molecule has 0 saturated carbocycles. The first-order chi connectivity index (χ1) is 8.74. The Kier molecular flexibility index (Phi) is 4.17. The Balaban J connectivity index is 2.03. The highest BCUT2D eigenvalue weighted by atomic mass is 16.5. The van der Waals surface area contributed by atoms with Gasteiger partial charge in [-0.05, 0) is 24.3 Å². The fourth-order valence-corrected chi connectivity index (χ4v) is 2.13. The molecule has 1 aromatic carbocycles. The van der Waals surface area contributed by atoms with E-state index in [-0.39, 0.29) is 5.91 Å². The Hall–Kier alpha value is -1.59. The Bertz CT molecular complexity index is 405. The van der Waals surface area contributed by atoms with Crippen LogP contribution >= 0.6 is 0 Å². The lowest BCUT2D eigenvalue weighted by Gasteiger charge is -2.34. The van der Waals surface area contributed by atoms with Gasteiger partial charge in [-0.15, -0.1) is 0 Å². The molecular weight excluding hydrogens is 230 g/mol. The number of carbonyl (C=O) groups is 1. The molecule has 1 amide bonds. The molecule has 1 fully saturated rings. The molecule has 1 aromatic rings. The van der Waals surface area contributed by atoms with Gasteiger partial charge in [0.15, 0.2) is 0 Å². The number of nitrogens with zero attached hydrogens (tertiary/aromatic N) is 2. The summed E-state index contributed by atoms with van der Waals surface area (Å²) in [5, 5.41) is 0. The molecule has 2 rings (SSSR count). The molecular formula is C13H19N3O2. The van der Waals surface area contributed by atoms with Gasteiger partial charge in [-0.2, -0.15) is 0 Å². The fraction of sp³-hybridized carbons (Fsp3) is 0.462. The molecule has 5 heteroatoms. The number of benzene rings is 1. The first-order valence-corrected chi connectivity index (χ1v) is 6.11. The van der Waals surface area contributed by atoms with Gasteiger partial charge in [0.25, 0.3) is 0 Å². The van der Waals surface area contributed by atoms with Crippen molar-refractivity contribution < 1.29 is 9.53 Å². The van der Waals surface area contributed by atoms with E-state index in [0.29, 0.717) is 19.6 Å². The molecule has 0 spiro atoms. The monoisotopic (exact) mass is 249 g/mol. The molecule has 0 radical (unpaired) electrons. The van der Waals surface area contributed by atoms with Crippen molar-refractivity contribution in [1.82, 2.24) is 4.90 Å². The summed E-state index contributed by atoms with van der Waals surface area (Å²) in [6.45, 7) is 3.40. The lowest BCUT2D eigenvalue weighted by Crippen LogP contribution is -2.51. The van der Waals surface area contributed by atoms with Crippen molar-refractivity contribution in [2.24, 2.45) is 5.73 Å². The summed E-state index contributed by atoms with van der Waals surface area (Å²) in [5.41, 5.74) is 6.43. The Labute approximate surface area is 107 Å². The number of hydrogen-bond acceptors (Lipinski definition) is 4. The van der Waals surface area contributed by atoms with Gasteiger partial charge in [-0.25, -0.2) is 0 Å². The van der Waals surface area contributed by atoms with Crippen LogP contribution < -0.4 is 15.4 Å². The van der Waals surface area contributed by atoms with Gasteiger partial charge in [-0.3, -0.25) is 9.69 Å². The van der Waals surface area contributed by atoms with Crippen LogP contribution in [0.1, 0.15) is 0 Å². The average molecular weight is 249 g/mol. The van der Waals surface area contributed by atoms with Crippen molar-refractivity contribution in [3.63, 3.8) is 0 Å². The van der Waals surface area contributed by atoms with E-state index in [1.54, 1.807) is 7.11 Å². The Morgan fingerprint density at radius 1 is 1.28 bits per heavy atom. The molecule has 0 bridgehead atoms. The molecule has 1 aliphatic heterocycles. The summed E-state index contributed by atoms with van der Waals surface area (Å²) in [6.07, 6.45) is 0. The first kappa shape index (κ1) is 12.9. The summed E-state index contributed by atoms with van der Waals surface area (Å²) in [6, 6.07) is 7.56. The number of ether oxygens (including phenoxy) is 1. The predicted octanol–water partition coefficient (Wildman–Crippen LogP) is 0.303. The van der Waals surface area contributed by atoms with E-state index in [1.807, 2.05) is 29.2 Å². The van der Waals surface area contributed by atoms with E-state index in [9.17, 15) is 4.79 Å². The van der Waals surface area contributed by atoms with Gasteiger partial charge in [-0.1, -0.05) is 0 Å². The van der Waals surface area contributed by atoms with Crippen LogP contribution in [0.25, 0.3) is 0 Å². The summed E-state index contributed by atoms with van der Waals surface area (Å²) in [4.78, 5) is 15.9. The van der Waals surface area contributed by atoms with Crippen molar-refractivity contribution in [3.05, 3.63) is 24.3 Å². The normalized spacial score (nSPS) is 17.0. The second-order valence-electron chi connectivity index (χ2n) is 4.31. The lowest BCUT2D eigenvalue weighted by atomic mass is 10.2. The highest BCUT2D eigenvalue weighted by molar-refractivity contribution is 5.95. The fourth-order valence-electron chi connectivity index (χ4n) is 2.13. The second-order valence-corrected chi connectivity index (χ2v) is 4.31. The van der Waals surface area contributed by atoms with Gasteiger partial charge >= 0.3 is 0 Å². The Morgan fingerprint density at radius 3 is 2.56 bits per heavy atom. The quantitative estimate of drug-likeness (QED) is 0.834. The van der Waals surface area contributed by atoms with E-state index in [1.165, 1.54) is 0 Å². The number of piperazine rings is 1. The average Bonchev–Trinajstić information content (AvgIpc) is 2.40. The Morgan fingerprint density at radius 2 is 2.00 bits per heavy atom. The zero-order chi connectivity index (χ0) is 13.0. The third kappa shape index (κ3) is 2.80. The molecule has 5 nitrogen and oxygen atoms in total. The summed E-state index contributed by atoms with van der Waals surface area (Å²) in [7, 11) is 1.63. The molecule has 1 heterocycles. The van der Waals surface area contributed by atoms with Crippen molar-refractivity contribution in [1.29, 1.82) is 0 Å². The van der Waals surface area contributed by atoms with Crippen molar-refractivity contribution in [2.75, 3.05) is 44.7 Å². The number of carbonyl (C=O) groups excluding carboxylic acids is 1. The van der Waals surface area contributed by atoms with E-state index in [2.05, 4.69) is 4.90 Å². The van der Waals surface area contributed by atoms with Crippen LogP contribution in [-0.2, 0) is 4.79 Å². The lowest BCUT2D eigenvalue weighted by molar-refractivity contribution is -0.121. The number of hydrogen-bond donors (Lipinski definition) is 1. The van der Waals surface area contributed by atoms with Crippen molar-refractivity contribution in [3.8, 4) is 5.75 Å². The molecule has 0 unspecified atom stereocenters. The maximum atomic E-state index is 12.0. The summed E-state index contributed by atoms with van der Waals surface area (Å²) >= 11 is 0. The van der Waals surface area contributed by atoms with Crippen LogP contribution in [0.4, 0.5) is 5.69 Å². The highest BCUT2D eigenvalue weighted by Crippen LogP contribution is 2.20. The smallest absolute Gasteiger partial charge is 0.241 e. The number of methoxy groups -OCH3 is 1. The zero-order valence-corrected chi connectivity index (χ0v) is 10.6. The molecule has 0 aliphatic carbocycles. The maximum absolute atomic E-state index is 12.0. The number of nitrogens with two attached hydrogens (primary N) is 1. The maximum Gasteiger partial charge on any atom is 0.241 e. The minimum absolute atomic E-state index is 0.125. The molecule has 0 aromatic heterocycles. The van der Waals surface area contributed by atoms with Crippen LogP contribution in [-0.4, -0.2) is 50.6 Å². The SMILES string of the molecule is COc1ccc(N2CCN(CCN)CC2=O)cc1. The van der Waals surface area contributed by atoms with Gasteiger partial charge in [0.1, 0.15) is 5.75 Å². The molecule has 18 heavy (non-hydrogen) atoms. The van der Waals surface area contributed by atoms with E-state index < -0.39 is 0 Å². The van der Waals surface area contributed by atoms with Crippen LogP contribution in [0.3, 0.4) is 0 Å². The minimum Gasteiger partial charge on any atom is -0.497 e. The minimum atomic E-state index is 0.125. The van der Waals surface area contributed by atoms with E-state index in [4.69, 9.17) is 10.5 Å². The number of rotatable bonds is 4. The summed E-state index contributed by atoms with van der Waals surface area (Å²) in [5.74, 6) is 0.924. The second kappa shape index (κ2) is 5.84. The van der Waals surface area contributed by atoms with E-state index >= 15 is 0 Å². The summed E-state index contributed by atoms with van der Waals surface area (Å²) < 4.78 is 5.11. The highest BCUT2D eigenvalue weighted by Gasteiger charge is 2.24. The van der Waals surface area contributed by atoms with Crippen LogP contribution in [0.5, 0.6) is 5.75 Å². The van der Waals surface area contributed by atoms with Crippen LogP contribution in [0, 0.1) is 0 Å². The van der Waals surface area contributed by atoms with Crippen molar-refractivity contribution >= 4 is 11.6 Å². The van der Waals surface area contributed by atoms with E-state index in [0.717, 1.165) is 24.5 Å². The largest absolute Gasteiger partial charge is 0.497 e. The van der Waals surface area contributed by atoms with Gasteiger partial charge in [0.2, 0.25) is 5.91 Å². The molecule has 0 atom stereocenters. The first-order valence-electron chi connectivity index (χ1n) is 6.11. The van der Waals surface area contributed by atoms with Crippen LogP contribution in [0.2, 0.25) is 0 Å². The standard InChI is InChI=1S/C13H19N3O2/c1-18-12-4-2-11(3-5-12)16-9-8-15(7-6-14)10-13(16)17/h2-5H,6-10,14H2,1H3. The predicted molar refractivity (Wildman–Crippen MR) is 70.8 cm³/mol. The third-order valence-corrected chi connectivity index (χ3v) is 3.13. The van der Waals surface area contributed by atoms with Gasteiger partial charge in [0, 0.05) is 31.9 Å². The molecule has 1 aliphatic rings. The zero-order valence-electron chi connectivity index (χ0n) is 10.6. The number of amides is 1. The van der Waals surface area contributed by atoms with Crippen molar-refractivity contribution in [2.45, 2.75) is 0 Å². The van der Waals surface area contributed by atoms with Crippen LogP contribution in [0.15, 0.2) is 24.3 Å². The molecule has 1 saturated heterocycles. The number of anilines is 1.